The van der Waals surface area contributed by atoms with E-state index in [1.54, 1.807) is 18.2 Å². The second-order valence-corrected chi connectivity index (χ2v) is 7.23. The van der Waals surface area contributed by atoms with E-state index in [-0.39, 0.29) is 28.6 Å². The highest BCUT2D eigenvalue weighted by Gasteiger charge is 2.22. The van der Waals surface area contributed by atoms with Crippen LogP contribution < -0.4 is 10.5 Å². The SMILES string of the molecule is N#CCSOC(=O)c1cc(S(N)(=O)=O)c(Cl)cc1NCc1ccco1. The number of benzene rings is 1. The van der Waals surface area contributed by atoms with Gasteiger partial charge in [0.2, 0.25) is 10.0 Å². The van der Waals surface area contributed by atoms with Crippen LogP contribution in [-0.4, -0.2) is 20.1 Å². The van der Waals surface area contributed by atoms with Gasteiger partial charge in [0.05, 0.1) is 47.2 Å². The number of nitriles is 1. The molecule has 0 amide bonds. The molecule has 1 aromatic carbocycles. The molecule has 25 heavy (non-hydrogen) atoms. The predicted octanol–water partition coefficient (Wildman–Crippen LogP) is 2.52. The number of halogens is 1. The van der Waals surface area contributed by atoms with Crippen LogP contribution in [0.5, 0.6) is 0 Å². The number of carbonyl (C=O) groups excluding carboxylic acids is 1. The molecule has 0 aliphatic carbocycles. The summed E-state index contributed by atoms with van der Waals surface area (Å²) in [5.74, 6) is -0.329. The minimum absolute atomic E-state index is 0.0729. The molecular formula is C14H12ClN3O5S2. The fourth-order valence-corrected chi connectivity index (χ4v) is 3.24. The molecule has 0 atom stereocenters. The molecule has 2 aromatic rings. The van der Waals surface area contributed by atoms with Gasteiger partial charge in [-0.05, 0) is 24.3 Å². The Balaban J connectivity index is 2.36. The Morgan fingerprint density at radius 2 is 2.24 bits per heavy atom. The summed E-state index contributed by atoms with van der Waals surface area (Å²) in [5.41, 5.74) is 0.141. The van der Waals surface area contributed by atoms with Crippen molar-refractivity contribution in [3.63, 3.8) is 0 Å². The molecule has 0 aliphatic heterocycles. The van der Waals surface area contributed by atoms with Crippen molar-refractivity contribution in [1.29, 1.82) is 5.26 Å². The van der Waals surface area contributed by atoms with Gasteiger partial charge in [0, 0.05) is 0 Å². The molecule has 0 radical (unpaired) electrons. The average Bonchev–Trinajstić information content (AvgIpc) is 3.05. The van der Waals surface area contributed by atoms with Gasteiger partial charge in [0.1, 0.15) is 16.4 Å². The third kappa shape index (κ3) is 5.14. The lowest BCUT2D eigenvalue weighted by atomic mass is 10.1. The zero-order valence-electron chi connectivity index (χ0n) is 12.6. The minimum Gasteiger partial charge on any atom is -0.467 e. The highest BCUT2D eigenvalue weighted by molar-refractivity contribution is 7.95. The Bertz CT molecular complexity index is 907. The molecule has 0 spiro atoms. The van der Waals surface area contributed by atoms with Crippen molar-refractivity contribution in [3.05, 3.63) is 46.9 Å². The first-order chi connectivity index (χ1) is 11.8. The van der Waals surface area contributed by atoms with Gasteiger partial charge in [-0.25, -0.2) is 18.4 Å². The third-order valence-corrected chi connectivity index (χ3v) is 4.78. The van der Waals surface area contributed by atoms with Crippen molar-refractivity contribution < 1.29 is 21.8 Å². The van der Waals surface area contributed by atoms with E-state index in [0.717, 1.165) is 6.07 Å². The largest absolute Gasteiger partial charge is 0.467 e. The first-order valence-corrected chi connectivity index (χ1v) is 9.49. The number of primary sulfonamides is 1. The third-order valence-electron chi connectivity index (χ3n) is 2.89. The van der Waals surface area contributed by atoms with Crippen molar-refractivity contribution in [2.75, 3.05) is 11.1 Å². The lowest BCUT2D eigenvalue weighted by molar-refractivity contribution is 0.0769. The zero-order chi connectivity index (χ0) is 18.4. The summed E-state index contributed by atoms with van der Waals surface area (Å²) < 4.78 is 33.2. The van der Waals surface area contributed by atoms with Crippen LogP contribution in [0, 0.1) is 11.3 Å². The molecule has 8 nitrogen and oxygen atoms in total. The van der Waals surface area contributed by atoms with Crippen molar-refractivity contribution in [2.24, 2.45) is 5.14 Å². The summed E-state index contributed by atoms with van der Waals surface area (Å²) in [5, 5.41) is 16.4. The Kier molecular flexibility index (Phi) is 6.33. The van der Waals surface area contributed by atoms with Crippen LogP contribution in [-0.2, 0) is 20.8 Å². The van der Waals surface area contributed by atoms with Crippen LogP contribution in [0.2, 0.25) is 5.02 Å². The summed E-state index contributed by atoms with van der Waals surface area (Å²) in [4.78, 5) is 11.8. The van der Waals surface area contributed by atoms with Crippen LogP contribution in [0.25, 0.3) is 0 Å². The van der Waals surface area contributed by atoms with Crippen LogP contribution in [0.1, 0.15) is 16.1 Å². The van der Waals surface area contributed by atoms with Gasteiger partial charge in [-0.3, -0.25) is 0 Å². The number of sulfonamides is 1. The highest BCUT2D eigenvalue weighted by Crippen LogP contribution is 2.30. The maximum Gasteiger partial charge on any atom is 0.352 e. The highest BCUT2D eigenvalue weighted by atomic mass is 35.5. The average molecular weight is 402 g/mol. The fraction of sp³-hybridized carbons (Fsp3) is 0.143. The molecular weight excluding hydrogens is 390 g/mol. The Hall–Kier alpha value is -2.19. The van der Waals surface area contributed by atoms with Crippen LogP contribution >= 0.6 is 23.6 Å². The molecule has 11 heteroatoms. The van der Waals surface area contributed by atoms with Gasteiger partial charge in [0.25, 0.3) is 0 Å². The zero-order valence-corrected chi connectivity index (χ0v) is 15.0. The predicted molar refractivity (Wildman–Crippen MR) is 92.3 cm³/mol. The monoisotopic (exact) mass is 401 g/mol. The number of anilines is 1. The van der Waals surface area contributed by atoms with E-state index in [1.807, 2.05) is 0 Å². The second-order valence-electron chi connectivity index (χ2n) is 4.60. The van der Waals surface area contributed by atoms with Gasteiger partial charge in [-0.2, -0.15) is 5.26 Å². The number of nitrogens with two attached hydrogens (primary N) is 1. The number of rotatable bonds is 7. The van der Waals surface area contributed by atoms with Crippen LogP contribution in [0.4, 0.5) is 5.69 Å². The van der Waals surface area contributed by atoms with E-state index in [9.17, 15) is 13.2 Å². The van der Waals surface area contributed by atoms with E-state index >= 15 is 0 Å². The lowest BCUT2D eigenvalue weighted by Crippen LogP contribution is -2.15. The van der Waals surface area contributed by atoms with Gasteiger partial charge < -0.3 is 13.9 Å². The number of hydrogen-bond acceptors (Lipinski definition) is 8. The van der Waals surface area contributed by atoms with Crippen molar-refractivity contribution >= 4 is 45.3 Å². The van der Waals surface area contributed by atoms with E-state index in [0.29, 0.717) is 17.8 Å². The van der Waals surface area contributed by atoms with Crippen molar-refractivity contribution in [1.82, 2.24) is 0 Å². The molecule has 0 saturated heterocycles. The number of nitrogens with one attached hydrogen (secondary N) is 1. The summed E-state index contributed by atoms with van der Waals surface area (Å²) in [7, 11) is -4.13. The van der Waals surface area contributed by atoms with Crippen molar-refractivity contribution in [3.8, 4) is 6.07 Å². The smallest absolute Gasteiger partial charge is 0.352 e. The first kappa shape index (κ1) is 19.1. The topological polar surface area (TPSA) is 135 Å². The van der Waals surface area contributed by atoms with Crippen LogP contribution in [0.15, 0.2) is 39.8 Å². The molecule has 0 bridgehead atoms. The molecule has 3 N–H and O–H groups in total. The van der Waals surface area contributed by atoms with Crippen LogP contribution in [0.3, 0.4) is 0 Å². The minimum atomic E-state index is -4.13. The molecule has 1 aromatic heterocycles. The molecule has 1 heterocycles. The summed E-state index contributed by atoms with van der Waals surface area (Å²) in [6.07, 6.45) is 1.49. The lowest BCUT2D eigenvalue weighted by Gasteiger charge is -2.13. The second kappa shape index (κ2) is 8.26. The molecule has 0 unspecified atom stereocenters. The Labute approximate surface area is 153 Å². The number of carbonyl (C=O) groups is 1. The van der Waals surface area contributed by atoms with Crippen molar-refractivity contribution in [2.45, 2.75) is 11.4 Å². The maximum atomic E-state index is 12.2. The first-order valence-electron chi connectivity index (χ1n) is 6.66. The van der Waals surface area contributed by atoms with Gasteiger partial charge in [-0.15, -0.1) is 0 Å². The Morgan fingerprint density at radius 3 is 2.84 bits per heavy atom. The maximum absolute atomic E-state index is 12.2. The van der Waals surface area contributed by atoms with E-state index in [4.69, 9.17) is 30.6 Å². The molecule has 0 saturated carbocycles. The van der Waals surface area contributed by atoms with Gasteiger partial charge in [-0.1, -0.05) is 11.6 Å². The summed E-state index contributed by atoms with van der Waals surface area (Å²) in [6.45, 7) is 0.226. The standard InChI is InChI=1S/C14H12ClN3O5S2/c15-11-7-12(18-8-9-2-1-4-22-9)10(6-13(11)25(17,20)21)14(19)23-24-5-3-16/h1-2,4,6-7,18H,5,8H2,(H2,17,20,21). The number of hydrogen-bond donors (Lipinski definition) is 2. The Morgan fingerprint density at radius 1 is 1.48 bits per heavy atom. The molecule has 2 rings (SSSR count). The number of furan rings is 1. The summed E-state index contributed by atoms with van der Waals surface area (Å²) in [6, 6.07) is 7.50. The quantitative estimate of drug-likeness (QED) is 0.533. The fourth-order valence-electron chi connectivity index (χ4n) is 1.84. The van der Waals surface area contributed by atoms with Gasteiger partial charge >= 0.3 is 5.97 Å². The normalized spacial score (nSPS) is 10.9. The number of nitrogens with zero attached hydrogens (tertiary/aromatic N) is 1. The van der Waals surface area contributed by atoms with E-state index in [2.05, 4.69) is 5.32 Å². The molecule has 132 valence electrons. The molecule has 0 fully saturated rings. The van der Waals surface area contributed by atoms with E-state index in [1.165, 1.54) is 12.3 Å². The molecule has 0 aliphatic rings. The van der Waals surface area contributed by atoms with Gasteiger partial charge in [0.15, 0.2) is 0 Å². The van der Waals surface area contributed by atoms with E-state index < -0.39 is 20.9 Å². The summed E-state index contributed by atoms with van der Waals surface area (Å²) >= 11 is 6.58.